The normalized spacial score (nSPS) is 28.4. The molecule has 5 heteroatoms. The summed E-state index contributed by atoms with van der Waals surface area (Å²) in [7, 11) is 0. The van der Waals surface area contributed by atoms with E-state index >= 15 is 0 Å². The molecule has 0 spiro atoms. The maximum atomic E-state index is 11.7. The van der Waals surface area contributed by atoms with Crippen molar-refractivity contribution < 1.29 is 14.7 Å². The molecular weight excluding hydrogens is 208 g/mol. The van der Waals surface area contributed by atoms with Gasteiger partial charge in [-0.05, 0) is 18.8 Å². The van der Waals surface area contributed by atoms with Crippen LogP contribution in [0, 0.1) is 29.1 Å². The first kappa shape index (κ1) is 12.5. The van der Waals surface area contributed by atoms with Gasteiger partial charge in [-0.2, -0.15) is 5.26 Å². The number of hydrogen-bond donors (Lipinski definition) is 2. The molecule has 2 N–H and O–H groups in total. The average Bonchev–Trinajstić information content (AvgIpc) is 2.61. The first-order valence-corrected chi connectivity index (χ1v) is 5.43. The Morgan fingerprint density at radius 2 is 2.06 bits per heavy atom. The van der Waals surface area contributed by atoms with Crippen LogP contribution >= 0.6 is 0 Å². The number of rotatable bonds is 4. The van der Waals surface area contributed by atoms with Crippen LogP contribution in [-0.2, 0) is 9.59 Å². The van der Waals surface area contributed by atoms with Gasteiger partial charge in [0.15, 0.2) is 0 Å². The Bertz CT molecular complexity index is 322. The molecule has 3 atom stereocenters. The summed E-state index contributed by atoms with van der Waals surface area (Å²) in [6.07, 6.45) is 1.44. The molecule has 0 aliphatic heterocycles. The number of nitriles is 1. The first-order valence-electron chi connectivity index (χ1n) is 5.43. The van der Waals surface area contributed by atoms with Gasteiger partial charge in [0, 0.05) is 6.54 Å². The van der Waals surface area contributed by atoms with Gasteiger partial charge >= 0.3 is 5.97 Å². The van der Waals surface area contributed by atoms with Gasteiger partial charge in [-0.1, -0.05) is 6.92 Å². The van der Waals surface area contributed by atoms with Crippen molar-refractivity contribution in [2.45, 2.75) is 26.2 Å². The lowest BCUT2D eigenvalue weighted by Crippen LogP contribution is -2.35. The zero-order valence-corrected chi connectivity index (χ0v) is 9.27. The number of nitrogens with zero attached hydrogens (tertiary/aromatic N) is 1. The molecule has 5 nitrogen and oxygen atoms in total. The lowest BCUT2D eigenvalue weighted by molar-refractivity contribution is -0.146. The molecule has 0 bridgehead atoms. The highest BCUT2D eigenvalue weighted by atomic mass is 16.4. The van der Waals surface area contributed by atoms with Gasteiger partial charge < -0.3 is 10.4 Å². The summed E-state index contributed by atoms with van der Waals surface area (Å²) in [5.74, 6) is -1.87. The van der Waals surface area contributed by atoms with Crippen LogP contribution in [0.3, 0.4) is 0 Å². The van der Waals surface area contributed by atoms with E-state index in [1.54, 1.807) is 0 Å². The van der Waals surface area contributed by atoms with Crippen molar-refractivity contribution in [2.24, 2.45) is 17.8 Å². The number of carbonyl (C=O) groups excluding carboxylic acids is 1. The molecule has 1 rings (SSSR count). The summed E-state index contributed by atoms with van der Waals surface area (Å²) in [6.45, 7) is 2.26. The molecule has 1 fully saturated rings. The molecule has 0 heterocycles. The molecule has 88 valence electrons. The highest BCUT2D eigenvalue weighted by molar-refractivity contribution is 5.85. The maximum absolute atomic E-state index is 11.7. The summed E-state index contributed by atoms with van der Waals surface area (Å²) in [6, 6.07) is 1.93. The molecule has 0 radical (unpaired) electrons. The number of carbonyl (C=O) groups is 2. The zero-order chi connectivity index (χ0) is 12.1. The SMILES string of the molecule is CC1CC(C(=O)O)C(C(=O)NCCC#N)C1. The van der Waals surface area contributed by atoms with Crippen molar-refractivity contribution in [2.75, 3.05) is 6.54 Å². The Morgan fingerprint density at radius 3 is 2.62 bits per heavy atom. The van der Waals surface area contributed by atoms with Gasteiger partial charge in [0.25, 0.3) is 0 Å². The average molecular weight is 224 g/mol. The van der Waals surface area contributed by atoms with Crippen molar-refractivity contribution in [3.05, 3.63) is 0 Å². The quantitative estimate of drug-likeness (QED) is 0.690. The van der Waals surface area contributed by atoms with Gasteiger partial charge in [-0.15, -0.1) is 0 Å². The minimum atomic E-state index is -0.898. The third-order valence-corrected chi connectivity index (χ3v) is 2.99. The summed E-state index contributed by atoms with van der Waals surface area (Å²) in [5, 5.41) is 19.9. The van der Waals surface area contributed by atoms with Gasteiger partial charge in [0.05, 0.1) is 24.3 Å². The van der Waals surface area contributed by atoms with E-state index in [0.29, 0.717) is 19.4 Å². The molecule has 0 aromatic heterocycles. The van der Waals surface area contributed by atoms with E-state index in [2.05, 4.69) is 5.32 Å². The van der Waals surface area contributed by atoms with Crippen LogP contribution in [0.25, 0.3) is 0 Å². The number of carboxylic acids is 1. The Balaban J connectivity index is 2.54. The van der Waals surface area contributed by atoms with Crippen LogP contribution in [0.2, 0.25) is 0 Å². The Morgan fingerprint density at radius 1 is 1.44 bits per heavy atom. The molecule has 0 aromatic rings. The van der Waals surface area contributed by atoms with Crippen molar-refractivity contribution in [1.82, 2.24) is 5.32 Å². The van der Waals surface area contributed by atoms with Crippen molar-refractivity contribution in [1.29, 1.82) is 5.26 Å². The van der Waals surface area contributed by atoms with Crippen molar-refractivity contribution in [3.63, 3.8) is 0 Å². The second-order valence-corrected chi connectivity index (χ2v) is 4.33. The number of nitrogens with one attached hydrogen (secondary N) is 1. The summed E-state index contributed by atoms with van der Waals surface area (Å²) < 4.78 is 0. The molecule has 1 saturated carbocycles. The molecule has 1 aliphatic carbocycles. The standard InChI is InChI=1S/C11H16N2O3/c1-7-5-8(9(6-7)11(15)16)10(14)13-4-2-3-12/h7-9H,2,4-6H2,1H3,(H,13,14)(H,15,16). The summed E-state index contributed by atoms with van der Waals surface area (Å²) >= 11 is 0. The topological polar surface area (TPSA) is 90.2 Å². The summed E-state index contributed by atoms with van der Waals surface area (Å²) in [5.41, 5.74) is 0. The van der Waals surface area contributed by atoms with Crippen LogP contribution in [0.5, 0.6) is 0 Å². The predicted molar refractivity (Wildman–Crippen MR) is 56.3 cm³/mol. The molecule has 16 heavy (non-hydrogen) atoms. The number of hydrogen-bond acceptors (Lipinski definition) is 3. The van der Waals surface area contributed by atoms with Gasteiger partial charge in [-0.25, -0.2) is 0 Å². The lowest BCUT2D eigenvalue weighted by Gasteiger charge is -2.14. The van der Waals surface area contributed by atoms with E-state index in [1.165, 1.54) is 0 Å². The van der Waals surface area contributed by atoms with E-state index < -0.39 is 17.8 Å². The van der Waals surface area contributed by atoms with Crippen LogP contribution in [0.4, 0.5) is 0 Å². The largest absolute Gasteiger partial charge is 0.481 e. The van der Waals surface area contributed by atoms with Gasteiger partial charge in [-0.3, -0.25) is 9.59 Å². The highest BCUT2D eigenvalue weighted by Crippen LogP contribution is 2.36. The molecule has 3 unspecified atom stereocenters. The van der Waals surface area contributed by atoms with E-state index in [4.69, 9.17) is 10.4 Å². The number of amides is 1. The van der Waals surface area contributed by atoms with Gasteiger partial charge in [0.2, 0.25) is 5.91 Å². The van der Waals surface area contributed by atoms with Gasteiger partial charge in [0.1, 0.15) is 0 Å². The third kappa shape index (κ3) is 2.96. The second kappa shape index (κ2) is 5.50. The molecule has 0 aromatic carbocycles. The van der Waals surface area contributed by atoms with Crippen LogP contribution in [0.1, 0.15) is 26.2 Å². The van der Waals surface area contributed by atoms with E-state index in [1.807, 2.05) is 13.0 Å². The fourth-order valence-corrected chi connectivity index (χ4v) is 2.23. The first-order chi connectivity index (χ1) is 7.56. The maximum Gasteiger partial charge on any atom is 0.307 e. The number of carboxylic acid groups (broad SMARTS) is 1. The van der Waals surface area contributed by atoms with E-state index in [0.717, 1.165) is 0 Å². The van der Waals surface area contributed by atoms with Crippen LogP contribution in [0.15, 0.2) is 0 Å². The van der Waals surface area contributed by atoms with Crippen molar-refractivity contribution in [3.8, 4) is 6.07 Å². The number of aliphatic carboxylic acids is 1. The monoisotopic (exact) mass is 224 g/mol. The Kier molecular flexibility index (Phi) is 4.29. The second-order valence-electron chi connectivity index (χ2n) is 4.33. The van der Waals surface area contributed by atoms with Crippen LogP contribution in [-0.4, -0.2) is 23.5 Å². The Hall–Kier alpha value is -1.57. The highest BCUT2D eigenvalue weighted by Gasteiger charge is 2.40. The Labute approximate surface area is 94.4 Å². The zero-order valence-electron chi connectivity index (χ0n) is 9.27. The fraction of sp³-hybridized carbons (Fsp3) is 0.727. The minimum absolute atomic E-state index is 0.230. The van der Waals surface area contributed by atoms with E-state index in [-0.39, 0.29) is 18.2 Å². The molecular formula is C11H16N2O3. The smallest absolute Gasteiger partial charge is 0.307 e. The third-order valence-electron chi connectivity index (χ3n) is 2.99. The summed E-state index contributed by atoms with van der Waals surface area (Å²) in [4.78, 5) is 22.7. The minimum Gasteiger partial charge on any atom is -0.481 e. The van der Waals surface area contributed by atoms with Crippen molar-refractivity contribution >= 4 is 11.9 Å². The fourth-order valence-electron chi connectivity index (χ4n) is 2.23. The van der Waals surface area contributed by atoms with E-state index in [9.17, 15) is 9.59 Å². The lowest BCUT2D eigenvalue weighted by atomic mass is 9.95. The predicted octanol–water partition coefficient (Wildman–Crippen LogP) is 0.763. The molecule has 1 aliphatic rings. The molecule has 0 saturated heterocycles. The van der Waals surface area contributed by atoms with Crippen LogP contribution < -0.4 is 5.32 Å². The molecule has 1 amide bonds.